The molecule has 2 aromatic heterocycles. The van der Waals surface area contributed by atoms with Gasteiger partial charge in [0.1, 0.15) is 6.61 Å². The van der Waals surface area contributed by atoms with Gasteiger partial charge in [-0.1, -0.05) is 17.7 Å². The highest BCUT2D eigenvalue weighted by atomic mass is 16.6. The summed E-state index contributed by atoms with van der Waals surface area (Å²) >= 11 is 0. The van der Waals surface area contributed by atoms with E-state index in [1.54, 1.807) is 30.5 Å². The number of hydrogen-bond acceptors (Lipinski definition) is 6. The third kappa shape index (κ3) is 2.77. The summed E-state index contributed by atoms with van der Waals surface area (Å²) in [5.74, 6) is 0.963. The fraction of sp³-hybridized carbons (Fsp3) is 0.211. The second kappa shape index (κ2) is 6.45. The number of rotatable bonds is 4. The van der Waals surface area contributed by atoms with Crippen LogP contribution in [0.3, 0.4) is 0 Å². The third-order valence-corrected chi connectivity index (χ3v) is 4.61. The zero-order chi connectivity index (χ0) is 20.0. The van der Waals surface area contributed by atoms with Crippen molar-refractivity contribution < 1.29 is 9.66 Å². The summed E-state index contributed by atoms with van der Waals surface area (Å²) in [6, 6.07) is 10.3. The zero-order valence-electron chi connectivity index (χ0n) is 15.5. The van der Waals surface area contributed by atoms with Crippen LogP contribution in [-0.4, -0.2) is 24.1 Å². The molecule has 0 unspecified atom stereocenters. The van der Waals surface area contributed by atoms with E-state index in [4.69, 9.17) is 4.74 Å². The first kappa shape index (κ1) is 17.7. The van der Waals surface area contributed by atoms with Crippen molar-refractivity contribution in [2.24, 2.45) is 7.05 Å². The van der Waals surface area contributed by atoms with E-state index in [0.29, 0.717) is 22.5 Å². The number of fused-ring (bicyclic) bond motifs is 3. The molecule has 0 saturated heterocycles. The molecule has 9 nitrogen and oxygen atoms in total. The molecular weight excluding hydrogens is 362 g/mol. The summed E-state index contributed by atoms with van der Waals surface area (Å²) in [7, 11) is 1.63. The van der Waals surface area contributed by atoms with Crippen molar-refractivity contribution in [1.82, 2.24) is 19.2 Å². The first-order chi connectivity index (χ1) is 13.4. The maximum absolute atomic E-state index is 12.6. The van der Waals surface area contributed by atoms with Gasteiger partial charge in [0.05, 0.1) is 15.8 Å². The van der Waals surface area contributed by atoms with E-state index >= 15 is 0 Å². The lowest BCUT2D eigenvalue weighted by molar-refractivity contribution is -0.386. The number of nitro benzene ring substituents is 1. The summed E-state index contributed by atoms with van der Waals surface area (Å²) in [6.07, 6.45) is 0. The second-order valence-corrected chi connectivity index (χ2v) is 6.65. The second-order valence-electron chi connectivity index (χ2n) is 6.65. The van der Waals surface area contributed by atoms with Gasteiger partial charge in [0.15, 0.2) is 11.6 Å². The van der Waals surface area contributed by atoms with Crippen LogP contribution in [0.4, 0.5) is 5.69 Å². The molecule has 0 radical (unpaired) electrons. The largest absolute Gasteiger partial charge is 0.479 e. The first-order valence-corrected chi connectivity index (χ1v) is 8.58. The van der Waals surface area contributed by atoms with Crippen LogP contribution in [0.25, 0.3) is 16.7 Å². The van der Waals surface area contributed by atoms with Crippen LogP contribution in [-0.2, 0) is 13.7 Å². The van der Waals surface area contributed by atoms with E-state index < -0.39 is 4.92 Å². The predicted molar refractivity (Wildman–Crippen MR) is 103 cm³/mol. The minimum absolute atomic E-state index is 0.0355. The molecule has 0 aliphatic heterocycles. The van der Waals surface area contributed by atoms with E-state index in [1.165, 1.54) is 10.6 Å². The van der Waals surface area contributed by atoms with Crippen LogP contribution in [0.15, 0.2) is 41.2 Å². The maximum Gasteiger partial charge on any atom is 0.311 e. The Labute approximate surface area is 159 Å². The van der Waals surface area contributed by atoms with E-state index in [1.807, 2.05) is 25.1 Å². The average molecular weight is 379 g/mol. The molecule has 4 rings (SSSR count). The quantitative estimate of drug-likeness (QED) is 0.399. The van der Waals surface area contributed by atoms with Crippen LogP contribution in [0.2, 0.25) is 0 Å². The van der Waals surface area contributed by atoms with Crippen molar-refractivity contribution in [3.63, 3.8) is 0 Å². The lowest BCUT2D eigenvalue weighted by atomic mass is 10.1. The summed E-state index contributed by atoms with van der Waals surface area (Å²) in [4.78, 5) is 23.4. The van der Waals surface area contributed by atoms with Gasteiger partial charge in [-0.15, -0.1) is 10.2 Å². The molecule has 28 heavy (non-hydrogen) atoms. The number of nitro groups is 1. The van der Waals surface area contributed by atoms with Crippen LogP contribution >= 0.6 is 0 Å². The van der Waals surface area contributed by atoms with E-state index in [0.717, 1.165) is 11.1 Å². The summed E-state index contributed by atoms with van der Waals surface area (Å²) in [5.41, 5.74) is 2.11. The molecule has 0 aliphatic carbocycles. The lowest BCUT2D eigenvalue weighted by Crippen LogP contribution is -2.20. The number of nitrogens with zero attached hydrogens (tertiary/aromatic N) is 5. The fourth-order valence-corrected chi connectivity index (χ4v) is 3.19. The highest BCUT2D eigenvalue weighted by molar-refractivity contribution is 5.81. The number of aryl methyl sites for hydroxylation is 3. The van der Waals surface area contributed by atoms with Gasteiger partial charge in [-0.2, -0.15) is 0 Å². The Balaban J connectivity index is 1.82. The van der Waals surface area contributed by atoms with Crippen molar-refractivity contribution in [1.29, 1.82) is 0 Å². The Morgan fingerprint density at radius 3 is 2.57 bits per heavy atom. The smallest absolute Gasteiger partial charge is 0.311 e. The molecule has 2 aromatic carbocycles. The van der Waals surface area contributed by atoms with Gasteiger partial charge >= 0.3 is 5.69 Å². The molecule has 0 amide bonds. The van der Waals surface area contributed by atoms with Crippen LogP contribution in [0, 0.1) is 24.0 Å². The Kier molecular flexibility index (Phi) is 4.07. The Bertz CT molecular complexity index is 1310. The minimum atomic E-state index is -0.480. The molecule has 0 aliphatic rings. The molecule has 0 bridgehead atoms. The van der Waals surface area contributed by atoms with E-state index in [9.17, 15) is 14.9 Å². The molecular formula is C19H17N5O4. The van der Waals surface area contributed by atoms with Crippen molar-refractivity contribution in [2.75, 3.05) is 0 Å². The van der Waals surface area contributed by atoms with Gasteiger partial charge in [0.25, 0.3) is 5.56 Å². The molecule has 142 valence electrons. The van der Waals surface area contributed by atoms with E-state index in [-0.39, 0.29) is 23.6 Å². The van der Waals surface area contributed by atoms with Crippen LogP contribution in [0.1, 0.15) is 17.0 Å². The predicted octanol–water partition coefficient (Wildman–Crippen LogP) is 2.69. The average Bonchev–Trinajstić information content (AvgIpc) is 3.09. The van der Waals surface area contributed by atoms with Crippen LogP contribution < -0.4 is 10.3 Å². The van der Waals surface area contributed by atoms with Crippen molar-refractivity contribution >= 4 is 22.4 Å². The fourth-order valence-electron chi connectivity index (χ4n) is 3.19. The number of ether oxygens (including phenoxy) is 1. The number of benzene rings is 2. The van der Waals surface area contributed by atoms with Gasteiger partial charge in [-0.25, -0.2) is 0 Å². The summed E-state index contributed by atoms with van der Waals surface area (Å²) in [5, 5.41) is 20.1. The summed E-state index contributed by atoms with van der Waals surface area (Å²) < 4.78 is 8.85. The number of hydrogen-bond donors (Lipinski definition) is 0. The standard InChI is InChI=1S/C19H17N5O4/c1-11-4-6-14-13(8-11)18(25)22(3)19-21-20-17(23(14)19)10-28-16-7-5-12(2)9-15(16)24(26)27/h4-9H,10H2,1-3H3. The molecule has 0 atom stereocenters. The van der Waals surface area contributed by atoms with Gasteiger partial charge in [0.2, 0.25) is 5.78 Å². The monoisotopic (exact) mass is 379 g/mol. The molecule has 9 heteroatoms. The molecule has 0 spiro atoms. The van der Waals surface area contributed by atoms with Crippen molar-refractivity contribution in [2.45, 2.75) is 20.5 Å². The van der Waals surface area contributed by atoms with Gasteiger partial charge in [-0.3, -0.25) is 23.9 Å². The van der Waals surface area contributed by atoms with Crippen molar-refractivity contribution in [3.8, 4) is 5.75 Å². The molecule has 2 heterocycles. The highest BCUT2D eigenvalue weighted by Gasteiger charge is 2.18. The van der Waals surface area contributed by atoms with Crippen LogP contribution in [0.5, 0.6) is 5.75 Å². The maximum atomic E-state index is 12.6. The molecule has 0 fully saturated rings. The van der Waals surface area contributed by atoms with Gasteiger partial charge in [-0.05, 0) is 37.6 Å². The van der Waals surface area contributed by atoms with E-state index in [2.05, 4.69) is 10.2 Å². The highest BCUT2D eigenvalue weighted by Crippen LogP contribution is 2.28. The molecule has 0 saturated carbocycles. The molecule has 0 N–H and O–H groups in total. The Morgan fingerprint density at radius 1 is 1.11 bits per heavy atom. The Hall–Kier alpha value is -3.75. The third-order valence-electron chi connectivity index (χ3n) is 4.61. The number of aromatic nitrogens is 4. The minimum Gasteiger partial charge on any atom is -0.479 e. The van der Waals surface area contributed by atoms with Gasteiger partial charge in [0, 0.05) is 13.1 Å². The zero-order valence-corrected chi connectivity index (χ0v) is 15.5. The first-order valence-electron chi connectivity index (χ1n) is 8.58. The lowest BCUT2D eigenvalue weighted by Gasteiger charge is -2.10. The normalized spacial score (nSPS) is 11.2. The van der Waals surface area contributed by atoms with Gasteiger partial charge < -0.3 is 4.74 Å². The topological polar surface area (TPSA) is 105 Å². The summed E-state index contributed by atoms with van der Waals surface area (Å²) in [6.45, 7) is 3.65. The van der Waals surface area contributed by atoms with Crippen molar-refractivity contribution in [3.05, 3.63) is 73.8 Å². The SMILES string of the molecule is Cc1ccc(OCc2nnc3n(C)c(=O)c4cc(C)ccc4n23)c([N+](=O)[O-])c1. The Morgan fingerprint density at radius 2 is 1.82 bits per heavy atom. The molecule has 4 aromatic rings.